The minimum Gasteiger partial charge on any atom is -0.382 e. The number of hydrogen-bond donors (Lipinski definition) is 1. The fourth-order valence-electron chi connectivity index (χ4n) is 4.27. The van der Waals surface area contributed by atoms with Crippen LogP contribution in [-0.2, 0) is 18.3 Å². The number of fused-ring (bicyclic) bond motifs is 2. The number of carbonyl (C=O) groups is 1. The first-order valence-electron chi connectivity index (χ1n) is 11.3. The molecule has 0 aliphatic heterocycles. The Bertz CT molecular complexity index is 1300. The number of hydrogen-bond acceptors (Lipinski definition) is 5. The van der Waals surface area contributed by atoms with Gasteiger partial charge in [-0.15, -0.1) is 0 Å². The van der Waals surface area contributed by atoms with Gasteiger partial charge >= 0.3 is 0 Å². The SMILES string of the molecule is CCOCCCn1c(NC(=O)c2cc(C3CC3)nc3c2c(C)nn3C)nc2ccccc21. The van der Waals surface area contributed by atoms with E-state index >= 15 is 0 Å². The second-order valence-corrected chi connectivity index (χ2v) is 8.36. The number of anilines is 1. The van der Waals surface area contributed by atoms with Gasteiger partial charge in [0, 0.05) is 38.4 Å². The number of para-hydroxylation sites is 2. The highest BCUT2D eigenvalue weighted by Gasteiger charge is 2.29. The van der Waals surface area contributed by atoms with Gasteiger partial charge in [0.25, 0.3) is 5.91 Å². The Kier molecular flexibility index (Phi) is 5.38. The normalized spacial score (nSPS) is 13.8. The maximum atomic E-state index is 13.5. The maximum Gasteiger partial charge on any atom is 0.258 e. The number of aryl methyl sites for hydroxylation is 3. The van der Waals surface area contributed by atoms with Gasteiger partial charge < -0.3 is 9.30 Å². The van der Waals surface area contributed by atoms with E-state index in [-0.39, 0.29) is 5.91 Å². The molecule has 8 heteroatoms. The number of carbonyl (C=O) groups excluding carboxylic acids is 1. The predicted octanol–water partition coefficient (Wildman–Crippen LogP) is 4.18. The summed E-state index contributed by atoms with van der Waals surface area (Å²) in [4.78, 5) is 23.0. The van der Waals surface area contributed by atoms with E-state index in [0.717, 1.165) is 52.7 Å². The largest absolute Gasteiger partial charge is 0.382 e. The third-order valence-corrected chi connectivity index (χ3v) is 5.98. The van der Waals surface area contributed by atoms with Gasteiger partial charge in [0.05, 0.1) is 27.7 Å². The number of nitrogens with one attached hydrogen (secondary N) is 1. The molecule has 1 saturated carbocycles. The molecule has 32 heavy (non-hydrogen) atoms. The number of pyridine rings is 1. The third kappa shape index (κ3) is 3.75. The van der Waals surface area contributed by atoms with Gasteiger partial charge in [0.15, 0.2) is 5.65 Å². The maximum absolute atomic E-state index is 13.5. The van der Waals surface area contributed by atoms with Crippen molar-refractivity contribution in [2.45, 2.75) is 45.6 Å². The summed E-state index contributed by atoms with van der Waals surface area (Å²) in [7, 11) is 1.87. The molecule has 166 valence electrons. The smallest absolute Gasteiger partial charge is 0.258 e. The van der Waals surface area contributed by atoms with Gasteiger partial charge in [0.2, 0.25) is 5.95 Å². The van der Waals surface area contributed by atoms with Gasteiger partial charge in [-0.05, 0) is 51.3 Å². The topological polar surface area (TPSA) is 86.9 Å². The van der Waals surface area contributed by atoms with Crippen LogP contribution in [0.4, 0.5) is 5.95 Å². The molecule has 3 aromatic heterocycles. The lowest BCUT2D eigenvalue weighted by Gasteiger charge is -2.12. The predicted molar refractivity (Wildman–Crippen MR) is 124 cm³/mol. The first-order chi connectivity index (χ1) is 15.6. The minimum atomic E-state index is -0.184. The fraction of sp³-hybridized carbons (Fsp3) is 0.417. The fourth-order valence-corrected chi connectivity index (χ4v) is 4.27. The van der Waals surface area contributed by atoms with Crippen molar-refractivity contribution in [3.05, 3.63) is 47.3 Å². The zero-order chi connectivity index (χ0) is 22.2. The second kappa shape index (κ2) is 8.35. The molecular weight excluding hydrogens is 404 g/mol. The van der Waals surface area contributed by atoms with Crippen LogP contribution in [0, 0.1) is 6.92 Å². The molecule has 0 bridgehead atoms. The summed E-state index contributed by atoms with van der Waals surface area (Å²) in [5, 5.41) is 8.39. The zero-order valence-corrected chi connectivity index (χ0v) is 18.8. The average Bonchev–Trinajstić information content (AvgIpc) is 3.53. The molecule has 0 unspecified atom stereocenters. The molecule has 4 aromatic rings. The van der Waals surface area contributed by atoms with Crippen molar-refractivity contribution < 1.29 is 9.53 Å². The van der Waals surface area contributed by atoms with Gasteiger partial charge in [-0.1, -0.05) is 12.1 Å². The van der Waals surface area contributed by atoms with Crippen LogP contribution >= 0.6 is 0 Å². The molecule has 0 spiro atoms. The summed E-state index contributed by atoms with van der Waals surface area (Å²) in [5.74, 6) is 0.799. The van der Waals surface area contributed by atoms with Gasteiger partial charge in [0.1, 0.15) is 0 Å². The highest BCUT2D eigenvalue weighted by molar-refractivity contribution is 6.12. The Balaban J connectivity index is 1.52. The van der Waals surface area contributed by atoms with Crippen LogP contribution in [-0.4, -0.2) is 43.4 Å². The van der Waals surface area contributed by atoms with Crippen LogP contribution < -0.4 is 5.32 Å². The molecule has 1 fully saturated rings. The summed E-state index contributed by atoms with van der Waals surface area (Å²) in [6, 6.07) is 9.87. The second-order valence-electron chi connectivity index (χ2n) is 8.36. The Morgan fingerprint density at radius 1 is 1.25 bits per heavy atom. The summed E-state index contributed by atoms with van der Waals surface area (Å²) < 4.78 is 9.32. The molecule has 3 heterocycles. The van der Waals surface area contributed by atoms with Gasteiger partial charge in [-0.2, -0.15) is 5.10 Å². The van der Waals surface area contributed by atoms with E-state index in [4.69, 9.17) is 14.7 Å². The lowest BCUT2D eigenvalue weighted by atomic mass is 10.1. The van der Waals surface area contributed by atoms with Crippen LogP contribution in [0.3, 0.4) is 0 Å². The highest BCUT2D eigenvalue weighted by Crippen LogP contribution is 2.40. The van der Waals surface area contributed by atoms with E-state index in [0.29, 0.717) is 37.2 Å². The molecule has 5 rings (SSSR count). The highest BCUT2D eigenvalue weighted by atomic mass is 16.5. The summed E-state index contributed by atoms with van der Waals surface area (Å²) >= 11 is 0. The van der Waals surface area contributed by atoms with Crippen molar-refractivity contribution in [2.75, 3.05) is 18.5 Å². The van der Waals surface area contributed by atoms with Gasteiger partial charge in [-0.25, -0.2) is 9.97 Å². The van der Waals surface area contributed by atoms with E-state index in [9.17, 15) is 4.79 Å². The van der Waals surface area contributed by atoms with Gasteiger partial charge in [-0.3, -0.25) is 14.8 Å². The minimum absolute atomic E-state index is 0.184. The first-order valence-corrected chi connectivity index (χ1v) is 11.3. The summed E-state index contributed by atoms with van der Waals surface area (Å²) in [5.41, 5.74) is 4.98. The molecule has 1 aromatic carbocycles. The third-order valence-electron chi connectivity index (χ3n) is 5.98. The number of rotatable bonds is 8. The van der Waals surface area contributed by atoms with Crippen LogP contribution in [0.25, 0.3) is 22.1 Å². The molecule has 1 aliphatic carbocycles. The van der Waals surface area contributed by atoms with Crippen LogP contribution in [0.5, 0.6) is 0 Å². The van der Waals surface area contributed by atoms with E-state index < -0.39 is 0 Å². The van der Waals surface area contributed by atoms with Crippen molar-refractivity contribution in [1.29, 1.82) is 0 Å². The Morgan fingerprint density at radius 2 is 2.06 bits per heavy atom. The molecule has 8 nitrogen and oxygen atoms in total. The lowest BCUT2D eigenvalue weighted by molar-refractivity contribution is 0.102. The molecule has 0 saturated heterocycles. The zero-order valence-electron chi connectivity index (χ0n) is 18.8. The number of aromatic nitrogens is 5. The first kappa shape index (κ1) is 20.6. The van der Waals surface area contributed by atoms with E-state index in [1.807, 2.05) is 51.2 Å². The Morgan fingerprint density at radius 3 is 2.84 bits per heavy atom. The van der Waals surface area contributed by atoms with E-state index in [2.05, 4.69) is 15.0 Å². The van der Waals surface area contributed by atoms with E-state index in [1.165, 1.54) is 0 Å². The van der Waals surface area contributed by atoms with Crippen LogP contribution in [0.15, 0.2) is 30.3 Å². The van der Waals surface area contributed by atoms with Crippen molar-refractivity contribution in [3.63, 3.8) is 0 Å². The average molecular weight is 433 g/mol. The number of ether oxygens (including phenoxy) is 1. The Labute approximate surface area is 186 Å². The van der Waals surface area contributed by atoms with E-state index in [1.54, 1.807) is 4.68 Å². The van der Waals surface area contributed by atoms with Crippen molar-refractivity contribution in [1.82, 2.24) is 24.3 Å². The molecule has 0 atom stereocenters. The summed E-state index contributed by atoms with van der Waals surface area (Å²) in [6.45, 7) is 5.98. The van der Waals surface area contributed by atoms with Crippen molar-refractivity contribution >= 4 is 33.9 Å². The number of nitrogens with zero attached hydrogens (tertiary/aromatic N) is 5. The number of benzene rings is 1. The van der Waals surface area contributed by atoms with Crippen molar-refractivity contribution in [2.24, 2.45) is 7.05 Å². The van der Waals surface area contributed by atoms with Crippen molar-refractivity contribution in [3.8, 4) is 0 Å². The number of imidazole rings is 1. The molecule has 1 aliphatic rings. The summed E-state index contributed by atoms with van der Waals surface area (Å²) in [6.07, 6.45) is 3.07. The standard InChI is InChI=1S/C24H28N6O2/c1-4-32-13-7-12-30-20-9-6-5-8-18(20)26-24(30)27-23(31)17-14-19(16-10-11-16)25-22-21(17)15(2)28-29(22)3/h5-6,8-9,14,16H,4,7,10-13H2,1-3H3,(H,26,27,31). The van der Waals surface area contributed by atoms with Crippen LogP contribution in [0.2, 0.25) is 0 Å². The molecule has 1 N–H and O–H groups in total. The quantitative estimate of drug-likeness (QED) is 0.422. The van der Waals surface area contributed by atoms with Crippen LogP contribution in [0.1, 0.15) is 53.8 Å². The Hall–Kier alpha value is -3.26. The molecule has 0 radical (unpaired) electrons. The molecule has 1 amide bonds. The monoisotopic (exact) mass is 432 g/mol. The lowest BCUT2D eigenvalue weighted by Crippen LogP contribution is -2.17. The molecular formula is C24H28N6O2. The number of amides is 1.